The number of aryl methyl sites for hydroxylation is 2. The van der Waals surface area contributed by atoms with Crippen LogP contribution in [0, 0.1) is 13.8 Å². The van der Waals surface area contributed by atoms with E-state index in [-0.39, 0.29) is 12.5 Å². The lowest BCUT2D eigenvalue weighted by molar-refractivity contribution is -0.121. The molecule has 1 heterocycles. The number of carbonyl (C=O) groups excluding carboxylic acids is 1. The van der Waals surface area contributed by atoms with Gasteiger partial charge >= 0.3 is 0 Å². The Morgan fingerprint density at radius 3 is 2.61 bits per heavy atom. The Morgan fingerprint density at radius 2 is 2.04 bits per heavy atom. The quantitative estimate of drug-likeness (QED) is 0.816. The number of aliphatic hydroxyl groups excluding tert-OH is 1. The van der Waals surface area contributed by atoms with Gasteiger partial charge < -0.3 is 19.7 Å². The molecule has 0 saturated heterocycles. The van der Waals surface area contributed by atoms with E-state index in [1.54, 1.807) is 31.4 Å². The van der Waals surface area contributed by atoms with Gasteiger partial charge in [0, 0.05) is 18.5 Å². The predicted octanol–water partition coefficient (Wildman–Crippen LogP) is 2.08. The van der Waals surface area contributed by atoms with Crippen LogP contribution < -0.4 is 10.1 Å². The van der Waals surface area contributed by atoms with Gasteiger partial charge in [-0.25, -0.2) is 0 Å². The third kappa shape index (κ3) is 4.56. The van der Waals surface area contributed by atoms with Gasteiger partial charge in [-0.2, -0.15) is 0 Å². The summed E-state index contributed by atoms with van der Waals surface area (Å²) in [6.07, 6.45) is 0.160. The highest BCUT2D eigenvalue weighted by atomic mass is 16.5. The van der Waals surface area contributed by atoms with Crippen molar-refractivity contribution in [1.82, 2.24) is 10.5 Å². The predicted molar refractivity (Wildman–Crippen MR) is 85.3 cm³/mol. The van der Waals surface area contributed by atoms with Crippen LogP contribution >= 0.6 is 0 Å². The average Bonchev–Trinajstić information content (AvgIpc) is 2.89. The molecule has 2 aromatic rings. The summed E-state index contributed by atoms with van der Waals surface area (Å²) in [5, 5.41) is 16.7. The summed E-state index contributed by atoms with van der Waals surface area (Å²) in [7, 11) is 1.59. The highest BCUT2D eigenvalue weighted by Crippen LogP contribution is 2.17. The van der Waals surface area contributed by atoms with Crippen LogP contribution in [0.1, 0.15) is 35.1 Å². The summed E-state index contributed by atoms with van der Waals surface area (Å²) in [5.74, 6) is 1.36. The second-order valence-electron chi connectivity index (χ2n) is 5.40. The van der Waals surface area contributed by atoms with E-state index in [0.717, 1.165) is 28.3 Å². The SMILES string of the molecule is COc1ccc(C(O)CNC(=O)CCc2c(C)noc2C)cc1. The zero-order valence-corrected chi connectivity index (χ0v) is 13.6. The number of carbonyl (C=O) groups is 1. The molecule has 2 rings (SSSR count). The standard InChI is InChI=1S/C17H22N2O4/c1-11-15(12(2)23-19-11)8-9-17(21)18-10-16(20)13-4-6-14(22-3)7-5-13/h4-7,16,20H,8-10H2,1-3H3,(H,18,21). The smallest absolute Gasteiger partial charge is 0.220 e. The highest BCUT2D eigenvalue weighted by Gasteiger charge is 2.13. The Hall–Kier alpha value is -2.34. The van der Waals surface area contributed by atoms with Gasteiger partial charge in [0.15, 0.2) is 0 Å². The second kappa shape index (κ2) is 7.78. The van der Waals surface area contributed by atoms with E-state index < -0.39 is 6.10 Å². The molecular formula is C17H22N2O4. The van der Waals surface area contributed by atoms with Crippen molar-refractivity contribution in [2.24, 2.45) is 0 Å². The normalized spacial score (nSPS) is 12.0. The molecule has 0 aliphatic carbocycles. The van der Waals surface area contributed by atoms with Crippen LogP contribution in [0.15, 0.2) is 28.8 Å². The monoisotopic (exact) mass is 318 g/mol. The topological polar surface area (TPSA) is 84.6 Å². The van der Waals surface area contributed by atoms with Gasteiger partial charge in [-0.1, -0.05) is 17.3 Å². The van der Waals surface area contributed by atoms with Gasteiger partial charge in [0.2, 0.25) is 5.91 Å². The molecular weight excluding hydrogens is 296 g/mol. The van der Waals surface area contributed by atoms with Crippen LogP contribution in [0.5, 0.6) is 5.75 Å². The van der Waals surface area contributed by atoms with Crippen molar-refractivity contribution in [1.29, 1.82) is 0 Å². The molecule has 23 heavy (non-hydrogen) atoms. The maximum atomic E-state index is 11.9. The minimum absolute atomic E-state index is 0.113. The first-order chi connectivity index (χ1) is 11.0. The molecule has 0 fully saturated rings. The summed E-state index contributed by atoms with van der Waals surface area (Å²) in [6, 6.07) is 7.11. The minimum atomic E-state index is -0.746. The molecule has 124 valence electrons. The van der Waals surface area contributed by atoms with E-state index in [9.17, 15) is 9.90 Å². The molecule has 2 N–H and O–H groups in total. The summed E-state index contributed by atoms with van der Waals surface area (Å²) in [5.41, 5.74) is 2.52. The lowest BCUT2D eigenvalue weighted by Crippen LogP contribution is -2.28. The van der Waals surface area contributed by atoms with Crippen molar-refractivity contribution < 1.29 is 19.2 Å². The van der Waals surface area contributed by atoms with E-state index in [2.05, 4.69) is 10.5 Å². The third-order valence-electron chi connectivity index (χ3n) is 3.78. The molecule has 1 amide bonds. The number of benzene rings is 1. The van der Waals surface area contributed by atoms with E-state index in [4.69, 9.17) is 9.26 Å². The Morgan fingerprint density at radius 1 is 1.35 bits per heavy atom. The first-order valence-electron chi connectivity index (χ1n) is 7.51. The molecule has 1 aromatic heterocycles. The molecule has 0 radical (unpaired) electrons. The zero-order valence-electron chi connectivity index (χ0n) is 13.6. The third-order valence-corrected chi connectivity index (χ3v) is 3.78. The number of nitrogens with zero attached hydrogens (tertiary/aromatic N) is 1. The maximum Gasteiger partial charge on any atom is 0.220 e. The van der Waals surface area contributed by atoms with Gasteiger partial charge in [-0.15, -0.1) is 0 Å². The molecule has 0 aliphatic rings. The molecule has 1 aromatic carbocycles. The molecule has 6 nitrogen and oxygen atoms in total. The van der Waals surface area contributed by atoms with Crippen LogP contribution in [-0.4, -0.2) is 29.8 Å². The lowest BCUT2D eigenvalue weighted by Gasteiger charge is -2.13. The van der Waals surface area contributed by atoms with Crippen molar-refractivity contribution in [3.8, 4) is 5.75 Å². The van der Waals surface area contributed by atoms with Crippen molar-refractivity contribution in [2.45, 2.75) is 32.8 Å². The van der Waals surface area contributed by atoms with Crippen LogP contribution in [0.2, 0.25) is 0 Å². The maximum absolute atomic E-state index is 11.9. The molecule has 0 spiro atoms. The molecule has 1 atom stereocenters. The van der Waals surface area contributed by atoms with E-state index in [1.807, 2.05) is 13.8 Å². The first-order valence-corrected chi connectivity index (χ1v) is 7.51. The number of rotatable bonds is 7. The van der Waals surface area contributed by atoms with Gasteiger partial charge in [0.25, 0.3) is 0 Å². The number of aromatic nitrogens is 1. The van der Waals surface area contributed by atoms with Crippen molar-refractivity contribution in [2.75, 3.05) is 13.7 Å². The van der Waals surface area contributed by atoms with Crippen LogP contribution in [0.4, 0.5) is 0 Å². The Kier molecular flexibility index (Phi) is 5.76. The van der Waals surface area contributed by atoms with Gasteiger partial charge in [0.05, 0.1) is 18.9 Å². The number of hydrogen-bond donors (Lipinski definition) is 2. The fourth-order valence-electron chi connectivity index (χ4n) is 2.34. The lowest BCUT2D eigenvalue weighted by atomic mass is 10.1. The second-order valence-corrected chi connectivity index (χ2v) is 5.40. The van der Waals surface area contributed by atoms with E-state index >= 15 is 0 Å². The van der Waals surface area contributed by atoms with Crippen LogP contribution in [0.3, 0.4) is 0 Å². The number of aliphatic hydroxyl groups is 1. The number of hydrogen-bond acceptors (Lipinski definition) is 5. The number of nitrogens with one attached hydrogen (secondary N) is 1. The van der Waals surface area contributed by atoms with Crippen molar-refractivity contribution in [3.63, 3.8) is 0 Å². The summed E-state index contributed by atoms with van der Waals surface area (Å²) in [4.78, 5) is 11.9. The number of ether oxygens (including phenoxy) is 1. The fraction of sp³-hybridized carbons (Fsp3) is 0.412. The zero-order chi connectivity index (χ0) is 16.8. The van der Waals surface area contributed by atoms with E-state index in [1.165, 1.54) is 0 Å². The van der Waals surface area contributed by atoms with Gasteiger partial charge in [-0.05, 0) is 38.0 Å². The Bertz CT molecular complexity index is 630. The largest absolute Gasteiger partial charge is 0.497 e. The Balaban J connectivity index is 1.79. The fourth-order valence-corrected chi connectivity index (χ4v) is 2.34. The molecule has 0 aliphatic heterocycles. The van der Waals surface area contributed by atoms with Crippen molar-refractivity contribution in [3.05, 3.63) is 46.8 Å². The van der Waals surface area contributed by atoms with Crippen molar-refractivity contribution >= 4 is 5.91 Å². The molecule has 1 unspecified atom stereocenters. The minimum Gasteiger partial charge on any atom is -0.497 e. The number of methoxy groups -OCH3 is 1. The highest BCUT2D eigenvalue weighted by molar-refractivity contribution is 5.76. The van der Waals surface area contributed by atoms with Gasteiger partial charge in [0.1, 0.15) is 11.5 Å². The summed E-state index contributed by atoms with van der Waals surface area (Å²) in [6.45, 7) is 3.87. The molecule has 0 bridgehead atoms. The van der Waals surface area contributed by atoms with E-state index in [0.29, 0.717) is 12.8 Å². The van der Waals surface area contributed by atoms with Gasteiger partial charge in [-0.3, -0.25) is 4.79 Å². The summed E-state index contributed by atoms with van der Waals surface area (Å²) >= 11 is 0. The first kappa shape index (κ1) is 17.0. The average molecular weight is 318 g/mol. The van der Waals surface area contributed by atoms with Crippen LogP contribution in [0.25, 0.3) is 0 Å². The Labute approximate surface area is 135 Å². The van der Waals surface area contributed by atoms with Crippen LogP contribution in [-0.2, 0) is 11.2 Å². The molecule has 0 saturated carbocycles. The molecule has 6 heteroatoms. The number of amides is 1. The summed E-state index contributed by atoms with van der Waals surface area (Å²) < 4.78 is 10.1.